The van der Waals surface area contributed by atoms with Gasteiger partial charge in [0.25, 0.3) is 0 Å². The third-order valence-corrected chi connectivity index (χ3v) is 2.55. The summed E-state index contributed by atoms with van der Waals surface area (Å²) in [5.74, 6) is 0.795. The summed E-state index contributed by atoms with van der Waals surface area (Å²) < 4.78 is 0. The van der Waals surface area contributed by atoms with Gasteiger partial charge in [-0.25, -0.2) is 0 Å². The number of hydrogen-bond donors (Lipinski definition) is 1. The average Bonchev–Trinajstić information content (AvgIpc) is 2.12. The standard InChI is InChI=1S/C11H22O2/c1-3-10(2)6-4-5-7-11(13)8-9-12/h9-11,13H,3-8H2,1-2H3. The quantitative estimate of drug-likeness (QED) is 0.467. The number of carbonyl (C=O) groups excluding carboxylic acids is 1. The smallest absolute Gasteiger partial charge is 0.122 e. The van der Waals surface area contributed by atoms with Crippen LogP contribution in [-0.2, 0) is 4.79 Å². The van der Waals surface area contributed by atoms with Crippen LogP contribution < -0.4 is 0 Å². The lowest BCUT2D eigenvalue weighted by Crippen LogP contribution is -2.06. The van der Waals surface area contributed by atoms with Gasteiger partial charge in [-0.05, 0) is 12.3 Å². The maximum atomic E-state index is 10.0. The minimum Gasteiger partial charge on any atom is -0.393 e. The molecule has 13 heavy (non-hydrogen) atoms. The number of carbonyl (C=O) groups is 1. The SMILES string of the molecule is CCC(C)CCCCC(O)CC=O. The normalized spacial score (nSPS) is 15.3. The van der Waals surface area contributed by atoms with Crippen LogP contribution in [0, 0.1) is 5.92 Å². The molecule has 0 aromatic carbocycles. The van der Waals surface area contributed by atoms with Gasteiger partial charge in [-0.1, -0.05) is 39.5 Å². The Morgan fingerprint density at radius 3 is 2.46 bits per heavy atom. The van der Waals surface area contributed by atoms with E-state index in [4.69, 9.17) is 0 Å². The molecule has 2 unspecified atom stereocenters. The van der Waals surface area contributed by atoms with E-state index in [1.807, 2.05) is 0 Å². The highest BCUT2D eigenvalue weighted by molar-refractivity contribution is 5.49. The first kappa shape index (κ1) is 12.6. The maximum absolute atomic E-state index is 10.0. The van der Waals surface area contributed by atoms with E-state index in [-0.39, 0.29) is 0 Å². The fourth-order valence-corrected chi connectivity index (χ4v) is 1.31. The Hall–Kier alpha value is -0.370. The van der Waals surface area contributed by atoms with Crippen molar-refractivity contribution in [1.29, 1.82) is 0 Å². The van der Waals surface area contributed by atoms with Crippen LogP contribution in [-0.4, -0.2) is 17.5 Å². The molecular weight excluding hydrogens is 164 g/mol. The second-order valence-electron chi connectivity index (χ2n) is 3.85. The number of rotatable bonds is 8. The highest BCUT2D eigenvalue weighted by atomic mass is 16.3. The Morgan fingerprint density at radius 2 is 1.92 bits per heavy atom. The molecule has 0 radical (unpaired) electrons. The van der Waals surface area contributed by atoms with E-state index in [0.29, 0.717) is 6.42 Å². The van der Waals surface area contributed by atoms with Crippen molar-refractivity contribution in [2.75, 3.05) is 0 Å². The first-order valence-corrected chi connectivity index (χ1v) is 5.32. The molecule has 0 aliphatic heterocycles. The van der Waals surface area contributed by atoms with Gasteiger partial charge in [-0.15, -0.1) is 0 Å². The molecule has 0 heterocycles. The number of aliphatic hydroxyl groups is 1. The zero-order chi connectivity index (χ0) is 10.1. The molecule has 2 nitrogen and oxygen atoms in total. The molecule has 0 amide bonds. The van der Waals surface area contributed by atoms with Gasteiger partial charge in [0.15, 0.2) is 0 Å². The molecule has 0 aliphatic carbocycles. The summed E-state index contributed by atoms with van der Waals surface area (Å²) in [5.41, 5.74) is 0. The third kappa shape index (κ3) is 7.97. The minimum atomic E-state index is -0.408. The maximum Gasteiger partial charge on any atom is 0.122 e. The van der Waals surface area contributed by atoms with Gasteiger partial charge in [0.1, 0.15) is 6.29 Å². The predicted molar refractivity (Wildman–Crippen MR) is 54.6 cm³/mol. The van der Waals surface area contributed by atoms with E-state index in [1.54, 1.807) is 0 Å². The van der Waals surface area contributed by atoms with E-state index < -0.39 is 6.10 Å². The van der Waals surface area contributed by atoms with E-state index in [9.17, 15) is 9.90 Å². The summed E-state index contributed by atoms with van der Waals surface area (Å²) in [5, 5.41) is 9.24. The first-order valence-electron chi connectivity index (χ1n) is 5.32. The molecule has 0 saturated carbocycles. The van der Waals surface area contributed by atoms with Crippen molar-refractivity contribution in [3.8, 4) is 0 Å². The Labute approximate surface area is 81.3 Å². The number of unbranched alkanes of at least 4 members (excludes halogenated alkanes) is 1. The molecule has 1 N–H and O–H groups in total. The van der Waals surface area contributed by atoms with Crippen LogP contribution in [0.25, 0.3) is 0 Å². The molecular formula is C11H22O2. The summed E-state index contributed by atoms with van der Waals surface area (Å²) in [6, 6.07) is 0. The lowest BCUT2D eigenvalue weighted by Gasteiger charge is -2.09. The fraction of sp³-hybridized carbons (Fsp3) is 0.909. The van der Waals surface area contributed by atoms with Crippen molar-refractivity contribution in [3.63, 3.8) is 0 Å². The van der Waals surface area contributed by atoms with Crippen LogP contribution >= 0.6 is 0 Å². The van der Waals surface area contributed by atoms with Gasteiger partial charge in [-0.2, -0.15) is 0 Å². The van der Waals surface area contributed by atoms with Gasteiger partial charge in [0, 0.05) is 6.42 Å². The predicted octanol–water partition coefficient (Wildman–Crippen LogP) is 2.54. The Morgan fingerprint density at radius 1 is 1.31 bits per heavy atom. The van der Waals surface area contributed by atoms with Crippen LogP contribution in [0.1, 0.15) is 52.4 Å². The van der Waals surface area contributed by atoms with Crippen LogP contribution in [0.5, 0.6) is 0 Å². The van der Waals surface area contributed by atoms with Crippen molar-refractivity contribution in [1.82, 2.24) is 0 Å². The highest BCUT2D eigenvalue weighted by Gasteiger charge is 2.03. The van der Waals surface area contributed by atoms with E-state index >= 15 is 0 Å². The lowest BCUT2D eigenvalue weighted by molar-refractivity contribution is -0.109. The number of aliphatic hydroxyl groups excluding tert-OH is 1. The van der Waals surface area contributed by atoms with Crippen LogP contribution in [0.15, 0.2) is 0 Å². The van der Waals surface area contributed by atoms with E-state index in [2.05, 4.69) is 13.8 Å². The molecule has 0 aromatic heterocycles. The van der Waals surface area contributed by atoms with Crippen molar-refractivity contribution < 1.29 is 9.90 Å². The molecule has 78 valence electrons. The van der Waals surface area contributed by atoms with E-state index in [1.165, 1.54) is 19.3 Å². The molecule has 0 rings (SSSR count). The van der Waals surface area contributed by atoms with Gasteiger partial charge in [0.2, 0.25) is 0 Å². The average molecular weight is 186 g/mol. The van der Waals surface area contributed by atoms with E-state index in [0.717, 1.165) is 25.0 Å². The van der Waals surface area contributed by atoms with Crippen molar-refractivity contribution in [2.24, 2.45) is 5.92 Å². The molecule has 0 fully saturated rings. The summed E-state index contributed by atoms with van der Waals surface area (Å²) >= 11 is 0. The monoisotopic (exact) mass is 186 g/mol. The zero-order valence-electron chi connectivity index (χ0n) is 8.83. The summed E-state index contributed by atoms with van der Waals surface area (Å²) in [6.45, 7) is 4.45. The summed E-state index contributed by atoms with van der Waals surface area (Å²) in [4.78, 5) is 10.0. The first-order chi connectivity index (χ1) is 6.20. The van der Waals surface area contributed by atoms with Gasteiger partial charge < -0.3 is 9.90 Å². The highest BCUT2D eigenvalue weighted by Crippen LogP contribution is 2.13. The summed E-state index contributed by atoms with van der Waals surface area (Å²) in [7, 11) is 0. The zero-order valence-corrected chi connectivity index (χ0v) is 8.83. The molecule has 2 atom stereocenters. The van der Waals surface area contributed by atoms with Crippen LogP contribution in [0.3, 0.4) is 0 Å². The van der Waals surface area contributed by atoms with Gasteiger partial charge in [-0.3, -0.25) is 0 Å². The molecule has 0 bridgehead atoms. The molecule has 0 aromatic rings. The van der Waals surface area contributed by atoms with Gasteiger partial charge >= 0.3 is 0 Å². The van der Waals surface area contributed by atoms with Crippen LogP contribution in [0.4, 0.5) is 0 Å². The Kier molecular flexibility index (Phi) is 8.00. The largest absolute Gasteiger partial charge is 0.393 e. The topological polar surface area (TPSA) is 37.3 Å². The Bertz CT molecular complexity index is 123. The minimum absolute atomic E-state index is 0.295. The lowest BCUT2D eigenvalue weighted by atomic mass is 9.99. The second-order valence-corrected chi connectivity index (χ2v) is 3.85. The van der Waals surface area contributed by atoms with Gasteiger partial charge in [0.05, 0.1) is 6.10 Å². The Balaban J connectivity index is 3.19. The van der Waals surface area contributed by atoms with Crippen molar-refractivity contribution in [3.05, 3.63) is 0 Å². The van der Waals surface area contributed by atoms with Crippen molar-refractivity contribution >= 4 is 6.29 Å². The number of hydrogen-bond acceptors (Lipinski definition) is 2. The molecule has 0 saturated heterocycles. The number of aldehydes is 1. The molecule has 2 heteroatoms. The summed E-state index contributed by atoms with van der Waals surface area (Å²) in [6.07, 6.45) is 6.14. The second kappa shape index (κ2) is 8.24. The fourth-order valence-electron chi connectivity index (χ4n) is 1.31. The van der Waals surface area contributed by atoms with Crippen molar-refractivity contribution in [2.45, 2.75) is 58.5 Å². The molecule has 0 aliphatic rings. The van der Waals surface area contributed by atoms with Crippen LogP contribution in [0.2, 0.25) is 0 Å². The molecule has 0 spiro atoms. The third-order valence-electron chi connectivity index (χ3n) is 2.55.